The lowest BCUT2D eigenvalue weighted by Crippen LogP contribution is -2.44. The van der Waals surface area contributed by atoms with Crippen LogP contribution < -0.4 is 5.32 Å². The second-order valence-corrected chi connectivity index (χ2v) is 7.08. The summed E-state index contributed by atoms with van der Waals surface area (Å²) in [5, 5.41) is 12.1. The summed E-state index contributed by atoms with van der Waals surface area (Å²) in [7, 11) is 0. The van der Waals surface area contributed by atoms with Gasteiger partial charge < -0.3 is 10.4 Å². The SMILES string of the molecule is CC(C)(C)C(CCO)NC(=O)CCSc1ccccc1. The van der Waals surface area contributed by atoms with E-state index >= 15 is 0 Å². The van der Waals surface area contributed by atoms with Crippen LogP contribution in [0.4, 0.5) is 0 Å². The molecule has 0 saturated heterocycles. The average Bonchev–Trinajstić information content (AvgIpc) is 2.38. The first-order valence-electron chi connectivity index (χ1n) is 7.01. The molecule has 0 aliphatic heterocycles. The van der Waals surface area contributed by atoms with E-state index in [4.69, 9.17) is 5.11 Å². The lowest BCUT2D eigenvalue weighted by atomic mass is 9.85. The van der Waals surface area contributed by atoms with Crippen molar-refractivity contribution in [1.29, 1.82) is 0 Å². The molecule has 0 fully saturated rings. The van der Waals surface area contributed by atoms with E-state index in [1.807, 2.05) is 30.3 Å². The van der Waals surface area contributed by atoms with E-state index in [0.29, 0.717) is 12.8 Å². The fraction of sp³-hybridized carbons (Fsp3) is 0.562. The number of aliphatic hydroxyl groups excluding tert-OH is 1. The zero-order valence-electron chi connectivity index (χ0n) is 12.6. The lowest BCUT2D eigenvalue weighted by Gasteiger charge is -2.31. The first kappa shape index (κ1) is 17.1. The van der Waals surface area contributed by atoms with E-state index in [-0.39, 0.29) is 24.0 Å². The summed E-state index contributed by atoms with van der Waals surface area (Å²) < 4.78 is 0. The average molecular weight is 295 g/mol. The summed E-state index contributed by atoms with van der Waals surface area (Å²) in [6.45, 7) is 6.33. The summed E-state index contributed by atoms with van der Waals surface area (Å²) in [4.78, 5) is 13.1. The number of hydrogen-bond donors (Lipinski definition) is 2. The predicted molar refractivity (Wildman–Crippen MR) is 84.9 cm³/mol. The highest BCUT2D eigenvalue weighted by atomic mass is 32.2. The minimum Gasteiger partial charge on any atom is -0.396 e. The van der Waals surface area contributed by atoms with E-state index in [0.717, 1.165) is 5.75 Å². The molecule has 1 atom stereocenters. The van der Waals surface area contributed by atoms with Crippen LogP contribution in [0.3, 0.4) is 0 Å². The first-order chi connectivity index (χ1) is 9.43. The first-order valence-corrected chi connectivity index (χ1v) is 8.00. The number of nitrogens with one attached hydrogen (secondary N) is 1. The van der Waals surface area contributed by atoms with Crippen LogP contribution in [0.1, 0.15) is 33.6 Å². The summed E-state index contributed by atoms with van der Waals surface area (Å²) >= 11 is 1.69. The van der Waals surface area contributed by atoms with Gasteiger partial charge in [-0.15, -0.1) is 11.8 Å². The molecule has 1 rings (SSSR count). The lowest BCUT2D eigenvalue weighted by molar-refractivity contribution is -0.122. The minimum atomic E-state index is -0.0367. The summed E-state index contributed by atoms with van der Waals surface area (Å²) in [6, 6.07) is 10.1. The van der Waals surface area contributed by atoms with E-state index in [1.165, 1.54) is 4.90 Å². The molecule has 0 bridgehead atoms. The molecule has 1 aromatic carbocycles. The number of thioether (sulfide) groups is 1. The molecule has 0 radical (unpaired) electrons. The number of rotatable bonds is 7. The molecule has 0 saturated carbocycles. The second-order valence-electron chi connectivity index (χ2n) is 5.91. The Morgan fingerprint density at radius 3 is 2.50 bits per heavy atom. The van der Waals surface area contributed by atoms with E-state index in [2.05, 4.69) is 26.1 Å². The van der Waals surface area contributed by atoms with Crippen molar-refractivity contribution >= 4 is 17.7 Å². The van der Waals surface area contributed by atoms with Crippen molar-refractivity contribution in [2.24, 2.45) is 5.41 Å². The van der Waals surface area contributed by atoms with Crippen LogP contribution in [0, 0.1) is 5.41 Å². The predicted octanol–water partition coefficient (Wildman–Crippen LogP) is 3.08. The Bertz CT molecular complexity index is 401. The molecule has 4 heteroatoms. The van der Waals surface area contributed by atoms with Gasteiger partial charge in [-0.1, -0.05) is 39.0 Å². The van der Waals surface area contributed by atoms with Gasteiger partial charge in [0.25, 0.3) is 0 Å². The van der Waals surface area contributed by atoms with Crippen molar-refractivity contribution in [2.75, 3.05) is 12.4 Å². The maximum Gasteiger partial charge on any atom is 0.221 e. The van der Waals surface area contributed by atoms with Crippen LogP contribution in [-0.2, 0) is 4.79 Å². The molecule has 0 spiro atoms. The molecule has 0 aliphatic carbocycles. The molecule has 112 valence electrons. The molecule has 0 aliphatic rings. The van der Waals surface area contributed by atoms with Crippen molar-refractivity contribution in [3.05, 3.63) is 30.3 Å². The number of carbonyl (C=O) groups excluding carboxylic acids is 1. The third kappa shape index (κ3) is 6.44. The number of benzene rings is 1. The van der Waals surface area contributed by atoms with Crippen molar-refractivity contribution in [1.82, 2.24) is 5.32 Å². The topological polar surface area (TPSA) is 49.3 Å². The highest BCUT2D eigenvalue weighted by Crippen LogP contribution is 2.22. The Morgan fingerprint density at radius 2 is 1.95 bits per heavy atom. The Morgan fingerprint density at radius 1 is 1.30 bits per heavy atom. The number of aliphatic hydroxyl groups is 1. The zero-order valence-corrected chi connectivity index (χ0v) is 13.4. The van der Waals surface area contributed by atoms with Crippen LogP contribution in [0.15, 0.2) is 35.2 Å². The van der Waals surface area contributed by atoms with Gasteiger partial charge in [-0.25, -0.2) is 0 Å². The van der Waals surface area contributed by atoms with Crippen LogP contribution in [-0.4, -0.2) is 29.4 Å². The molecular formula is C16H25NO2S. The van der Waals surface area contributed by atoms with Gasteiger partial charge in [0.05, 0.1) is 0 Å². The Balaban J connectivity index is 2.35. The second kappa shape index (κ2) is 8.32. The fourth-order valence-electron chi connectivity index (χ4n) is 1.90. The van der Waals surface area contributed by atoms with Crippen LogP contribution in [0.2, 0.25) is 0 Å². The maximum absolute atomic E-state index is 12.0. The van der Waals surface area contributed by atoms with Gasteiger partial charge in [-0.3, -0.25) is 4.79 Å². The summed E-state index contributed by atoms with van der Waals surface area (Å²) in [5.41, 5.74) is -0.0367. The Hall–Kier alpha value is -1.00. The largest absolute Gasteiger partial charge is 0.396 e. The molecule has 0 aromatic heterocycles. The van der Waals surface area contributed by atoms with Crippen molar-refractivity contribution < 1.29 is 9.90 Å². The summed E-state index contributed by atoms with van der Waals surface area (Å²) in [6.07, 6.45) is 1.10. The minimum absolute atomic E-state index is 0.0155. The fourth-order valence-corrected chi connectivity index (χ4v) is 2.77. The van der Waals surface area contributed by atoms with Gasteiger partial charge in [-0.05, 0) is 24.0 Å². The number of amides is 1. The third-order valence-electron chi connectivity index (χ3n) is 3.14. The standard InChI is InChI=1S/C16H25NO2S/c1-16(2,3)14(9-11-18)17-15(19)10-12-20-13-7-5-4-6-8-13/h4-8,14,18H,9-12H2,1-3H3,(H,17,19). The van der Waals surface area contributed by atoms with Gasteiger partial charge in [-0.2, -0.15) is 0 Å². The Labute approximate surface area is 126 Å². The van der Waals surface area contributed by atoms with E-state index in [1.54, 1.807) is 11.8 Å². The van der Waals surface area contributed by atoms with Gasteiger partial charge in [0.1, 0.15) is 0 Å². The van der Waals surface area contributed by atoms with Gasteiger partial charge >= 0.3 is 0 Å². The van der Waals surface area contributed by atoms with Crippen molar-refractivity contribution in [3.8, 4) is 0 Å². The summed E-state index contributed by atoms with van der Waals surface area (Å²) in [5.74, 6) is 0.827. The molecular weight excluding hydrogens is 270 g/mol. The van der Waals surface area contributed by atoms with Crippen LogP contribution in [0.5, 0.6) is 0 Å². The third-order valence-corrected chi connectivity index (χ3v) is 4.15. The molecule has 1 unspecified atom stereocenters. The van der Waals surface area contributed by atoms with Gasteiger partial charge in [0.2, 0.25) is 5.91 Å². The molecule has 20 heavy (non-hydrogen) atoms. The molecule has 2 N–H and O–H groups in total. The highest BCUT2D eigenvalue weighted by molar-refractivity contribution is 7.99. The quantitative estimate of drug-likeness (QED) is 0.760. The number of hydrogen-bond acceptors (Lipinski definition) is 3. The van der Waals surface area contributed by atoms with Crippen molar-refractivity contribution in [3.63, 3.8) is 0 Å². The number of carbonyl (C=O) groups is 1. The van der Waals surface area contributed by atoms with E-state index in [9.17, 15) is 4.79 Å². The molecule has 3 nitrogen and oxygen atoms in total. The maximum atomic E-state index is 12.0. The normalized spacial score (nSPS) is 13.0. The van der Waals surface area contributed by atoms with Crippen LogP contribution >= 0.6 is 11.8 Å². The van der Waals surface area contributed by atoms with Gasteiger partial charge in [0.15, 0.2) is 0 Å². The molecule has 0 heterocycles. The molecule has 1 amide bonds. The molecule has 1 aromatic rings. The van der Waals surface area contributed by atoms with Crippen molar-refractivity contribution in [2.45, 2.75) is 44.6 Å². The van der Waals surface area contributed by atoms with Gasteiger partial charge in [0, 0.05) is 29.7 Å². The van der Waals surface area contributed by atoms with E-state index < -0.39 is 0 Å². The van der Waals surface area contributed by atoms with Crippen LogP contribution in [0.25, 0.3) is 0 Å². The smallest absolute Gasteiger partial charge is 0.221 e. The Kier molecular flexibility index (Phi) is 7.10. The zero-order chi connectivity index (χ0) is 15.0. The highest BCUT2D eigenvalue weighted by Gasteiger charge is 2.25. The monoisotopic (exact) mass is 295 g/mol.